The van der Waals surface area contributed by atoms with Crippen LogP contribution in [0, 0.1) is 0 Å². The molecule has 0 saturated carbocycles. The Labute approximate surface area is 179 Å². The van der Waals surface area contributed by atoms with E-state index in [0.717, 1.165) is 16.9 Å². The molecule has 0 radical (unpaired) electrons. The van der Waals surface area contributed by atoms with Crippen LogP contribution in [0.5, 0.6) is 0 Å². The molecule has 0 spiro atoms. The summed E-state index contributed by atoms with van der Waals surface area (Å²) >= 11 is 0.887. The first kappa shape index (κ1) is 16.9. The van der Waals surface area contributed by atoms with Gasteiger partial charge in [-0.25, -0.2) is 9.97 Å². The molecule has 0 bridgehead atoms. The van der Waals surface area contributed by atoms with Gasteiger partial charge in [0, 0.05) is 31.1 Å². The minimum atomic E-state index is -3.65. The van der Waals surface area contributed by atoms with Crippen LogP contribution in [-0.4, -0.2) is 33.0 Å². The third-order valence-corrected chi connectivity index (χ3v) is 5.91. The number of thiazole rings is 1. The van der Waals surface area contributed by atoms with Gasteiger partial charge in [-0.1, -0.05) is 41.7 Å². The van der Waals surface area contributed by atoms with Gasteiger partial charge in [0.1, 0.15) is 6.04 Å². The lowest BCUT2D eigenvalue weighted by atomic mass is 10.2. The summed E-state index contributed by atoms with van der Waals surface area (Å²) in [5.74, 6) is -5.02. The molecule has 1 aromatic carbocycles. The van der Waals surface area contributed by atoms with Gasteiger partial charge >= 0.3 is 5.92 Å². The fraction of sp³-hybridized carbons (Fsp3) is 0.400. The highest BCUT2D eigenvalue weighted by atomic mass is 32.1. The predicted molar refractivity (Wildman–Crippen MR) is 111 cm³/mol. The predicted octanol–water partition coefficient (Wildman–Crippen LogP) is 2.79. The summed E-state index contributed by atoms with van der Waals surface area (Å²) in [6.45, 7) is -1.83. The molecule has 1 atom stereocenters. The fourth-order valence-corrected chi connectivity index (χ4v) is 4.46. The van der Waals surface area contributed by atoms with Crippen molar-refractivity contribution in [1.82, 2.24) is 19.9 Å². The highest BCUT2D eigenvalue weighted by Gasteiger charge is 2.35. The van der Waals surface area contributed by atoms with Crippen LogP contribution >= 0.6 is 11.3 Å². The number of anilines is 1. The number of halogens is 2. The van der Waals surface area contributed by atoms with Crippen molar-refractivity contribution in [2.75, 3.05) is 11.4 Å². The van der Waals surface area contributed by atoms with Crippen LogP contribution in [0.2, 0.25) is 0 Å². The third kappa shape index (κ3) is 3.79. The summed E-state index contributed by atoms with van der Waals surface area (Å²) < 4.78 is 50.8. The Kier molecular flexibility index (Phi) is 4.36. The van der Waals surface area contributed by atoms with E-state index in [2.05, 4.69) is 15.3 Å². The minimum Gasteiger partial charge on any atom is -0.350 e. The molecule has 3 heterocycles. The van der Waals surface area contributed by atoms with Gasteiger partial charge in [0.25, 0.3) is 5.56 Å². The molecule has 3 aromatic rings. The molecule has 4 rings (SSSR count). The van der Waals surface area contributed by atoms with Crippen LogP contribution in [0.3, 0.4) is 0 Å². The van der Waals surface area contributed by atoms with Crippen molar-refractivity contribution < 1.29 is 17.7 Å². The lowest BCUT2D eigenvalue weighted by Gasteiger charge is -2.23. The van der Waals surface area contributed by atoms with Gasteiger partial charge in [-0.15, -0.1) is 0 Å². The summed E-state index contributed by atoms with van der Waals surface area (Å²) in [4.78, 5) is 35.3. The molecule has 1 amide bonds. The lowest BCUT2D eigenvalue weighted by molar-refractivity contribution is -0.122. The molecule has 2 aromatic heterocycles. The number of alkyl halides is 2. The van der Waals surface area contributed by atoms with Crippen molar-refractivity contribution in [3.63, 3.8) is 0 Å². The Morgan fingerprint density at radius 3 is 2.83 bits per heavy atom. The molecule has 10 heteroatoms. The second kappa shape index (κ2) is 7.75. The third-order valence-electron chi connectivity index (χ3n) is 4.93. The summed E-state index contributed by atoms with van der Waals surface area (Å²) in [6, 6.07) is 8.86. The largest absolute Gasteiger partial charge is 0.350 e. The van der Waals surface area contributed by atoms with E-state index in [9.17, 15) is 18.4 Å². The molecule has 30 heavy (non-hydrogen) atoms. The van der Waals surface area contributed by atoms with E-state index < -0.39 is 30.3 Å². The van der Waals surface area contributed by atoms with E-state index in [-0.39, 0.29) is 26.0 Å². The van der Waals surface area contributed by atoms with Gasteiger partial charge in [-0.05, 0) is 18.4 Å². The Morgan fingerprint density at radius 1 is 1.37 bits per heavy atom. The van der Waals surface area contributed by atoms with Crippen molar-refractivity contribution in [2.45, 2.75) is 38.3 Å². The maximum Gasteiger partial charge on any atom is 0.302 e. The van der Waals surface area contributed by atoms with Crippen molar-refractivity contribution >= 4 is 32.7 Å². The highest BCUT2D eigenvalue weighted by Crippen LogP contribution is 2.33. The van der Waals surface area contributed by atoms with Crippen LogP contribution < -0.4 is 15.8 Å². The van der Waals surface area contributed by atoms with E-state index in [4.69, 9.17) is 4.11 Å². The normalized spacial score (nSPS) is 18.8. The van der Waals surface area contributed by atoms with Crippen LogP contribution in [0.4, 0.5) is 13.9 Å². The summed E-state index contributed by atoms with van der Waals surface area (Å²) in [5.41, 5.74) is -0.532. The average Bonchev–Trinajstić information content (AvgIpc) is 3.38. The fourth-order valence-electron chi connectivity index (χ4n) is 3.45. The van der Waals surface area contributed by atoms with Crippen LogP contribution in [0.25, 0.3) is 10.3 Å². The van der Waals surface area contributed by atoms with Crippen molar-refractivity contribution in [1.29, 1.82) is 0 Å². The van der Waals surface area contributed by atoms with Gasteiger partial charge in [0.15, 0.2) is 21.3 Å². The molecule has 1 fully saturated rings. The number of hydrogen-bond donors (Lipinski definition) is 1. The number of nitrogens with one attached hydrogen (secondary N) is 1. The number of carbonyl (C=O) groups excluding carboxylic acids is 1. The van der Waals surface area contributed by atoms with Crippen molar-refractivity contribution in [3.8, 4) is 0 Å². The Hall–Kier alpha value is -2.88. The molecule has 0 aliphatic carbocycles. The molecule has 1 saturated heterocycles. The standard InChI is InChI=1S/C20H21F2N5O2S/c1-20(21,22)18-25-16-14(17(29)26(18)2)24-19(30-16)27-10-6-9-13(27)15(28)23-11-12-7-4-3-5-8-12/h3-5,7-8,13H,6,9-11H2,1-2H3,(H,23,28)/t13-/m1/s1/i2D3. The smallest absolute Gasteiger partial charge is 0.302 e. The zero-order valence-corrected chi connectivity index (χ0v) is 16.9. The number of aromatic nitrogens is 3. The number of fused-ring (bicyclic) bond motifs is 1. The monoisotopic (exact) mass is 436 g/mol. The molecule has 1 N–H and O–H groups in total. The van der Waals surface area contributed by atoms with Gasteiger partial charge < -0.3 is 10.2 Å². The van der Waals surface area contributed by atoms with E-state index in [1.807, 2.05) is 30.3 Å². The highest BCUT2D eigenvalue weighted by molar-refractivity contribution is 7.21. The van der Waals surface area contributed by atoms with Crippen molar-refractivity contribution in [3.05, 3.63) is 52.1 Å². The Balaban J connectivity index is 1.67. The zero-order valence-electron chi connectivity index (χ0n) is 19.1. The first-order chi connectivity index (χ1) is 15.5. The first-order valence-corrected chi connectivity index (χ1v) is 10.2. The molecular weight excluding hydrogens is 412 g/mol. The molecule has 158 valence electrons. The van der Waals surface area contributed by atoms with Gasteiger partial charge in [-0.2, -0.15) is 8.78 Å². The van der Waals surface area contributed by atoms with Crippen LogP contribution in [0.1, 0.15) is 35.3 Å². The van der Waals surface area contributed by atoms with Crippen molar-refractivity contribution in [2.24, 2.45) is 6.98 Å². The number of amides is 1. The SMILES string of the molecule is [2H]C([2H])([2H])n1c(C(C)(F)F)nc2sc(N3CCC[C@@H]3C(=O)NCc3ccccc3)nc2c1=O. The van der Waals surface area contributed by atoms with E-state index in [1.54, 1.807) is 4.90 Å². The average molecular weight is 437 g/mol. The summed E-state index contributed by atoms with van der Waals surface area (Å²) in [6.07, 6.45) is 1.26. The second-order valence-electron chi connectivity index (χ2n) is 7.17. The maximum absolute atomic E-state index is 14.1. The van der Waals surface area contributed by atoms with E-state index >= 15 is 0 Å². The van der Waals surface area contributed by atoms with Gasteiger partial charge in [0.05, 0.1) is 0 Å². The first-order valence-electron chi connectivity index (χ1n) is 10.9. The maximum atomic E-state index is 14.1. The summed E-state index contributed by atoms with van der Waals surface area (Å²) in [5, 5.41) is 3.15. The van der Waals surface area contributed by atoms with E-state index in [1.165, 1.54) is 0 Å². The number of nitrogens with zero attached hydrogens (tertiary/aromatic N) is 4. The molecule has 1 aliphatic rings. The number of carbonyl (C=O) groups is 1. The van der Waals surface area contributed by atoms with Crippen LogP contribution in [0.15, 0.2) is 35.1 Å². The number of hydrogen-bond acceptors (Lipinski definition) is 6. The summed E-state index contributed by atoms with van der Waals surface area (Å²) in [7, 11) is 0. The second-order valence-corrected chi connectivity index (χ2v) is 8.13. The zero-order chi connectivity index (χ0) is 24.0. The molecule has 7 nitrogen and oxygen atoms in total. The van der Waals surface area contributed by atoms with Gasteiger partial charge in [0.2, 0.25) is 5.91 Å². The van der Waals surface area contributed by atoms with Crippen LogP contribution in [-0.2, 0) is 24.2 Å². The molecule has 1 aliphatic heterocycles. The number of rotatable bonds is 5. The quantitative estimate of drug-likeness (QED) is 0.665. The Bertz CT molecular complexity index is 1240. The minimum absolute atomic E-state index is 0.0207. The lowest BCUT2D eigenvalue weighted by Crippen LogP contribution is -2.43. The Morgan fingerprint density at radius 2 is 2.13 bits per heavy atom. The van der Waals surface area contributed by atoms with E-state index in [0.29, 0.717) is 32.9 Å². The number of benzene rings is 1. The topological polar surface area (TPSA) is 80.1 Å². The van der Waals surface area contributed by atoms with Gasteiger partial charge in [-0.3, -0.25) is 14.2 Å². The molecular formula is C20H21F2N5O2S. The molecule has 0 unspecified atom stereocenters.